The van der Waals surface area contributed by atoms with Crippen LogP contribution < -0.4 is 0 Å². The third-order valence-electron chi connectivity index (χ3n) is 0.846. The average molecular weight is 184 g/mol. The average Bonchev–Trinajstić information content (AvgIpc) is 2.34. The normalized spacial score (nSPS) is 13.9. The number of tetrazole rings is 1. The van der Waals surface area contributed by atoms with Crippen molar-refractivity contribution in [1.29, 1.82) is 0 Å². The summed E-state index contributed by atoms with van der Waals surface area (Å²) in [5, 5.41) is 9.06. The highest BCUT2D eigenvalue weighted by Crippen LogP contribution is 2.14. The van der Waals surface area contributed by atoms with E-state index in [0.717, 1.165) is 0 Å². The van der Waals surface area contributed by atoms with Gasteiger partial charge in [-0.25, -0.2) is 13.2 Å². The van der Waals surface area contributed by atoms with E-state index >= 15 is 0 Å². The molecule has 0 aliphatic heterocycles. The molecule has 0 N–H and O–H groups in total. The molecule has 1 atom stereocenters. The summed E-state index contributed by atoms with van der Waals surface area (Å²) >= 11 is 3.55. The van der Waals surface area contributed by atoms with Crippen molar-refractivity contribution in [1.82, 2.24) is 20.2 Å². The molecule has 0 fully saturated rings. The quantitative estimate of drug-likeness (QED) is 0.688. The summed E-state index contributed by atoms with van der Waals surface area (Å²) in [5.74, 6) is 0. The first-order chi connectivity index (χ1) is 5.11. The number of thiol groups is 1. The first-order valence-electron chi connectivity index (χ1n) is 2.52. The lowest BCUT2D eigenvalue weighted by molar-refractivity contribution is -0.00895. The molecule has 1 heterocycles. The van der Waals surface area contributed by atoms with Crippen molar-refractivity contribution in [3.05, 3.63) is 0 Å². The monoisotopic (exact) mass is 184 g/mol. The van der Waals surface area contributed by atoms with Crippen molar-refractivity contribution in [2.24, 2.45) is 0 Å². The number of hydrogen-bond acceptors (Lipinski definition) is 4. The maximum absolute atomic E-state index is 12.3. The maximum atomic E-state index is 12.3. The van der Waals surface area contributed by atoms with Crippen LogP contribution in [0.15, 0.2) is 5.16 Å². The molecule has 0 radical (unpaired) electrons. The first-order valence-corrected chi connectivity index (χ1v) is 2.96. The van der Waals surface area contributed by atoms with Gasteiger partial charge in [0.2, 0.25) is 5.16 Å². The second kappa shape index (κ2) is 3.07. The minimum Gasteiger partial charge on any atom is -0.213 e. The molecule has 0 saturated heterocycles. The number of hydrogen-bond donors (Lipinski definition) is 1. The Morgan fingerprint density at radius 1 is 1.36 bits per heavy atom. The smallest absolute Gasteiger partial charge is 0.213 e. The standard InChI is InChI=1S/C3H3F3N4S/c4-1(5)2(6)10-8-3(11)7-9-10/h1-2H,(H,8,11). The van der Waals surface area contributed by atoms with E-state index in [1.54, 1.807) is 0 Å². The van der Waals surface area contributed by atoms with Gasteiger partial charge in [0.15, 0.2) is 0 Å². The van der Waals surface area contributed by atoms with Crippen LogP contribution in [0.3, 0.4) is 0 Å². The van der Waals surface area contributed by atoms with Gasteiger partial charge in [0.05, 0.1) is 0 Å². The van der Waals surface area contributed by atoms with Gasteiger partial charge >= 0.3 is 0 Å². The van der Waals surface area contributed by atoms with Crippen LogP contribution >= 0.6 is 12.6 Å². The molecule has 0 bridgehead atoms. The van der Waals surface area contributed by atoms with Crippen molar-refractivity contribution in [2.45, 2.75) is 17.9 Å². The highest BCUT2D eigenvalue weighted by molar-refractivity contribution is 7.80. The molecular formula is C3H3F3N4S. The van der Waals surface area contributed by atoms with Gasteiger partial charge in [-0.1, -0.05) is 12.6 Å². The molecule has 4 nitrogen and oxygen atoms in total. The lowest BCUT2D eigenvalue weighted by Crippen LogP contribution is -2.15. The zero-order valence-corrected chi connectivity index (χ0v) is 5.92. The molecule has 1 aromatic rings. The van der Waals surface area contributed by atoms with Crippen LogP contribution in [-0.2, 0) is 0 Å². The first kappa shape index (κ1) is 8.31. The number of rotatable bonds is 2. The van der Waals surface area contributed by atoms with Gasteiger partial charge in [0.1, 0.15) is 0 Å². The minimum absolute atomic E-state index is 0.145. The van der Waals surface area contributed by atoms with Crippen LogP contribution in [0.2, 0.25) is 0 Å². The topological polar surface area (TPSA) is 43.6 Å². The maximum Gasteiger partial charge on any atom is 0.291 e. The minimum atomic E-state index is -3.16. The summed E-state index contributed by atoms with van der Waals surface area (Å²) < 4.78 is 35.5. The van der Waals surface area contributed by atoms with Gasteiger partial charge < -0.3 is 0 Å². The molecule has 0 aliphatic carbocycles. The molecular weight excluding hydrogens is 181 g/mol. The van der Waals surface area contributed by atoms with Gasteiger partial charge in [0.25, 0.3) is 12.7 Å². The number of aromatic nitrogens is 4. The summed E-state index contributed by atoms with van der Waals surface area (Å²) in [7, 11) is 0. The number of halogens is 3. The third kappa shape index (κ3) is 1.82. The lowest BCUT2D eigenvalue weighted by Gasteiger charge is -2.02. The molecule has 11 heavy (non-hydrogen) atoms. The van der Waals surface area contributed by atoms with Crippen LogP contribution in [0, 0.1) is 0 Å². The molecule has 0 spiro atoms. The van der Waals surface area contributed by atoms with Crippen LogP contribution in [0.25, 0.3) is 0 Å². The van der Waals surface area contributed by atoms with Crippen molar-refractivity contribution >= 4 is 12.6 Å². The van der Waals surface area contributed by atoms with E-state index in [1.165, 1.54) is 0 Å². The molecule has 0 amide bonds. The fourth-order valence-electron chi connectivity index (χ4n) is 0.423. The van der Waals surface area contributed by atoms with Crippen molar-refractivity contribution < 1.29 is 13.2 Å². The Balaban J connectivity index is 2.76. The van der Waals surface area contributed by atoms with Gasteiger partial charge in [-0.05, 0) is 5.21 Å². The molecule has 1 rings (SSSR count). The molecule has 8 heteroatoms. The van der Waals surface area contributed by atoms with E-state index in [4.69, 9.17) is 0 Å². The SMILES string of the molecule is FC(F)C(F)n1nnc(S)n1. The Morgan fingerprint density at radius 3 is 2.36 bits per heavy atom. The molecule has 0 saturated carbocycles. The highest BCUT2D eigenvalue weighted by Gasteiger charge is 2.23. The third-order valence-corrected chi connectivity index (χ3v) is 1.03. The summed E-state index contributed by atoms with van der Waals surface area (Å²) in [6.07, 6.45) is -5.71. The summed E-state index contributed by atoms with van der Waals surface area (Å²) in [6.45, 7) is 0. The van der Waals surface area contributed by atoms with Crippen LogP contribution in [0.4, 0.5) is 13.2 Å². The predicted octanol–water partition coefficient (Wildman–Crippen LogP) is 0.695. The molecule has 1 aromatic heterocycles. The lowest BCUT2D eigenvalue weighted by atomic mass is 10.7. The largest absolute Gasteiger partial charge is 0.291 e. The van der Waals surface area contributed by atoms with E-state index in [9.17, 15) is 13.2 Å². The second-order valence-electron chi connectivity index (χ2n) is 1.62. The number of alkyl halides is 3. The Hall–Kier alpha value is -0.790. The van der Waals surface area contributed by atoms with Crippen LogP contribution in [-0.4, -0.2) is 26.6 Å². The van der Waals surface area contributed by atoms with Crippen LogP contribution in [0.5, 0.6) is 0 Å². The summed E-state index contributed by atoms with van der Waals surface area (Å²) in [6, 6.07) is 0. The van der Waals surface area contributed by atoms with Crippen molar-refractivity contribution in [3.8, 4) is 0 Å². The second-order valence-corrected chi connectivity index (χ2v) is 2.02. The van der Waals surface area contributed by atoms with E-state index in [1.807, 2.05) is 0 Å². The zero-order chi connectivity index (χ0) is 8.43. The van der Waals surface area contributed by atoms with Gasteiger partial charge in [-0.3, -0.25) is 0 Å². The predicted molar refractivity (Wildman–Crippen MR) is 31.2 cm³/mol. The molecule has 0 aromatic carbocycles. The van der Waals surface area contributed by atoms with Crippen molar-refractivity contribution in [3.63, 3.8) is 0 Å². The molecule has 1 unspecified atom stereocenters. The Bertz CT molecular complexity index is 238. The van der Waals surface area contributed by atoms with E-state index in [0.29, 0.717) is 0 Å². The van der Waals surface area contributed by atoms with Gasteiger partial charge in [-0.2, -0.15) is 0 Å². The Kier molecular flexibility index (Phi) is 2.32. The summed E-state index contributed by atoms with van der Waals surface area (Å²) in [4.78, 5) is 0.174. The highest BCUT2D eigenvalue weighted by atomic mass is 32.1. The van der Waals surface area contributed by atoms with Gasteiger partial charge in [-0.15, -0.1) is 15.0 Å². The Morgan fingerprint density at radius 2 is 2.00 bits per heavy atom. The number of nitrogens with zero attached hydrogens (tertiary/aromatic N) is 4. The Labute approximate surface area is 64.8 Å². The van der Waals surface area contributed by atoms with E-state index in [-0.39, 0.29) is 9.95 Å². The fraction of sp³-hybridized carbons (Fsp3) is 0.667. The molecule has 0 aliphatic rings. The van der Waals surface area contributed by atoms with E-state index in [2.05, 4.69) is 28.0 Å². The van der Waals surface area contributed by atoms with Crippen LogP contribution in [0.1, 0.15) is 6.30 Å². The van der Waals surface area contributed by atoms with Crippen molar-refractivity contribution in [2.75, 3.05) is 0 Å². The van der Waals surface area contributed by atoms with E-state index < -0.39 is 12.7 Å². The van der Waals surface area contributed by atoms with Gasteiger partial charge in [0, 0.05) is 0 Å². The fourth-order valence-corrected chi connectivity index (χ4v) is 0.554. The zero-order valence-electron chi connectivity index (χ0n) is 5.02. The molecule has 62 valence electrons. The summed E-state index contributed by atoms with van der Waals surface area (Å²) in [5.41, 5.74) is 0.